The first kappa shape index (κ1) is 25.9. The SMILES string of the molecule is CCCCCCCCCCCOC(=O)C(C)NC(=O)c1cccc(C(F)(F)F)c1F. The third kappa shape index (κ3) is 9.13. The Kier molecular flexibility index (Phi) is 11.4. The summed E-state index contributed by atoms with van der Waals surface area (Å²) in [4.78, 5) is 24.0. The Bertz CT molecular complexity index is 677. The number of ether oxygens (including phenoxy) is 1. The average molecular weight is 433 g/mol. The van der Waals surface area contributed by atoms with Crippen LogP contribution in [0.2, 0.25) is 0 Å². The molecule has 1 aromatic rings. The van der Waals surface area contributed by atoms with Gasteiger partial charge in [-0.1, -0.05) is 64.4 Å². The lowest BCUT2D eigenvalue weighted by molar-refractivity contribution is -0.145. The predicted octanol–water partition coefficient (Wildman–Crippen LogP) is 6.04. The first-order valence-corrected chi connectivity index (χ1v) is 10.5. The number of carbonyl (C=O) groups is 2. The van der Waals surface area contributed by atoms with Gasteiger partial charge in [0.25, 0.3) is 5.91 Å². The molecule has 0 aliphatic rings. The van der Waals surface area contributed by atoms with Crippen molar-refractivity contribution in [1.82, 2.24) is 5.32 Å². The number of unbranched alkanes of at least 4 members (excludes halogenated alkanes) is 8. The topological polar surface area (TPSA) is 55.4 Å². The Morgan fingerprint density at radius 1 is 1.00 bits per heavy atom. The minimum Gasteiger partial charge on any atom is -0.464 e. The maximum Gasteiger partial charge on any atom is 0.419 e. The second-order valence-corrected chi connectivity index (χ2v) is 7.36. The third-order valence-corrected chi connectivity index (χ3v) is 4.74. The lowest BCUT2D eigenvalue weighted by Crippen LogP contribution is -2.40. The second kappa shape index (κ2) is 13.2. The molecule has 4 nitrogen and oxygen atoms in total. The highest BCUT2D eigenvalue weighted by Gasteiger charge is 2.36. The van der Waals surface area contributed by atoms with Gasteiger partial charge in [0.1, 0.15) is 11.9 Å². The van der Waals surface area contributed by atoms with Crippen LogP contribution in [-0.4, -0.2) is 24.5 Å². The van der Waals surface area contributed by atoms with Crippen molar-refractivity contribution in [2.75, 3.05) is 6.61 Å². The second-order valence-electron chi connectivity index (χ2n) is 7.36. The molecule has 1 aromatic carbocycles. The summed E-state index contributed by atoms with van der Waals surface area (Å²) in [6.07, 6.45) is 5.12. The number of esters is 1. The van der Waals surface area contributed by atoms with Crippen molar-refractivity contribution in [2.24, 2.45) is 0 Å². The minimum atomic E-state index is -4.92. The van der Waals surface area contributed by atoms with Gasteiger partial charge in [-0.2, -0.15) is 13.2 Å². The summed E-state index contributed by atoms with van der Waals surface area (Å²) in [5.74, 6) is -3.49. The Balaban J connectivity index is 2.34. The lowest BCUT2D eigenvalue weighted by Gasteiger charge is -2.15. The normalized spacial score (nSPS) is 12.5. The molecule has 0 radical (unpaired) electrons. The van der Waals surface area contributed by atoms with Crippen LogP contribution in [0.3, 0.4) is 0 Å². The van der Waals surface area contributed by atoms with E-state index < -0.39 is 41.0 Å². The van der Waals surface area contributed by atoms with Crippen LogP contribution in [0.15, 0.2) is 18.2 Å². The molecule has 0 bridgehead atoms. The molecule has 0 aliphatic heterocycles. The molecule has 1 amide bonds. The Hall–Kier alpha value is -2.12. The minimum absolute atomic E-state index is 0.201. The summed E-state index contributed by atoms with van der Waals surface area (Å²) in [7, 11) is 0. The fourth-order valence-electron chi connectivity index (χ4n) is 2.97. The number of hydrogen-bond acceptors (Lipinski definition) is 3. The smallest absolute Gasteiger partial charge is 0.419 e. The number of halogens is 4. The van der Waals surface area contributed by atoms with E-state index >= 15 is 0 Å². The van der Waals surface area contributed by atoms with Gasteiger partial charge in [0.2, 0.25) is 0 Å². The molecule has 1 N–H and O–H groups in total. The molecule has 170 valence electrons. The van der Waals surface area contributed by atoms with Gasteiger partial charge >= 0.3 is 12.1 Å². The summed E-state index contributed by atoms with van der Waals surface area (Å²) in [5.41, 5.74) is -2.31. The van der Waals surface area contributed by atoms with E-state index in [1.54, 1.807) is 0 Å². The lowest BCUT2D eigenvalue weighted by atomic mass is 10.1. The number of carbonyl (C=O) groups excluding carboxylic acids is 2. The van der Waals surface area contributed by atoms with Gasteiger partial charge in [-0.25, -0.2) is 9.18 Å². The Morgan fingerprint density at radius 2 is 1.57 bits per heavy atom. The van der Waals surface area contributed by atoms with Crippen LogP contribution in [-0.2, 0) is 15.7 Å². The third-order valence-electron chi connectivity index (χ3n) is 4.74. The van der Waals surface area contributed by atoms with E-state index in [2.05, 4.69) is 12.2 Å². The van der Waals surface area contributed by atoms with Crippen molar-refractivity contribution in [1.29, 1.82) is 0 Å². The zero-order valence-corrected chi connectivity index (χ0v) is 17.6. The Labute approximate surface area is 175 Å². The van der Waals surface area contributed by atoms with Gasteiger partial charge in [-0.3, -0.25) is 4.79 Å². The molecule has 8 heteroatoms. The van der Waals surface area contributed by atoms with E-state index in [0.29, 0.717) is 12.5 Å². The van der Waals surface area contributed by atoms with Crippen LogP contribution in [0.1, 0.15) is 87.6 Å². The highest BCUT2D eigenvalue weighted by Crippen LogP contribution is 2.32. The van der Waals surface area contributed by atoms with Crippen molar-refractivity contribution in [3.05, 3.63) is 35.1 Å². The van der Waals surface area contributed by atoms with E-state index in [1.807, 2.05) is 0 Å². The molecular formula is C22H31F4NO3. The molecular weight excluding hydrogens is 402 g/mol. The molecule has 0 heterocycles. The van der Waals surface area contributed by atoms with Gasteiger partial charge in [-0.15, -0.1) is 0 Å². The molecule has 0 aromatic heterocycles. The summed E-state index contributed by atoms with van der Waals surface area (Å²) in [6, 6.07) is 1.31. The van der Waals surface area contributed by atoms with Crippen molar-refractivity contribution in [3.8, 4) is 0 Å². The van der Waals surface area contributed by atoms with E-state index in [0.717, 1.165) is 31.4 Å². The fraction of sp³-hybridized carbons (Fsp3) is 0.636. The first-order valence-electron chi connectivity index (χ1n) is 10.5. The summed E-state index contributed by atoms with van der Waals surface area (Å²) < 4.78 is 57.4. The molecule has 0 aliphatic carbocycles. The standard InChI is InChI=1S/C22H31F4NO3/c1-3-4-5-6-7-8-9-10-11-15-30-21(29)16(2)27-20(28)17-13-12-14-18(19(17)23)22(24,25)26/h12-14,16H,3-11,15H2,1-2H3,(H,27,28). The predicted molar refractivity (Wildman–Crippen MR) is 107 cm³/mol. The summed E-state index contributed by atoms with van der Waals surface area (Å²) in [5, 5.41) is 2.18. The first-order chi connectivity index (χ1) is 14.2. The molecule has 0 fully saturated rings. The zero-order valence-electron chi connectivity index (χ0n) is 17.6. The maximum atomic E-state index is 14.0. The van der Waals surface area contributed by atoms with E-state index in [1.165, 1.54) is 39.0 Å². The van der Waals surface area contributed by atoms with Crippen LogP contribution in [0.4, 0.5) is 17.6 Å². The van der Waals surface area contributed by atoms with Crippen molar-refractivity contribution >= 4 is 11.9 Å². The van der Waals surface area contributed by atoms with Crippen molar-refractivity contribution in [3.63, 3.8) is 0 Å². The van der Waals surface area contributed by atoms with E-state index in [9.17, 15) is 27.2 Å². The molecule has 1 unspecified atom stereocenters. The number of alkyl halides is 3. The highest BCUT2D eigenvalue weighted by molar-refractivity contribution is 5.97. The number of hydrogen-bond donors (Lipinski definition) is 1. The monoisotopic (exact) mass is 433 g/mol. The molecule has 0 spiro atoms. The summed E-state index contributed by atoms with van der Waals surface area (Å²) >= 11 is 0. The highest BCUT2D eigenvalue weighted by atomic mass is 19.4. The summed E-state index contributed by atoms with van der Waals surface area (Å²) in [6.45, 7) is 3.71. The maximum absolute atomic E-state index is 14.0. The largest absolute Gasteiger partial charge is 0.464 e. The number of benzene rings is 1. The van der Waals surface area contributed by atoms with Gasteiger partial charge < -0.3 is 10.1 Å². The van der Waals surface area contributed by atoms with Crippen molar-refractivity contribution in [2.45, 2.75) is 83.9 Å². The molecule has 30 heavy (non-hydrogen) atoms. The zero-order chi connectivity index (χ0) is 22.6. The fourth-order valence-corrected chi connectivity index (χ4v) is 2.97. The van der Waals surface area contributed by atoms with Crippen LogP contribution in [0, 0.1) is 5.82 Å². The average Bonchev–Trinajstić information content (AvgIpc) is 2.68. The number of rotatable bonds is 13. The number of amides is 1. The van der Waals surface area contributed by atoms with Gasteiger partial charge in [0.15, 0.2) is 0 Å². The number of nitrogens with one attached hydrogen (secondary N) is 1. The molecule has 1 rings (SSSR count). The van der Waals surface area contributed by atoms with Gasteiger partial charge in [0.05, 0.1) is 17.7 Å². The molecule has 1 atom stereocenters. The van der Waals surface area contributed by atoms with E-state index in [-0.39, 0.29) is 6.61 Å². The van der Waals surface area contributed by atoms with Crippen LogP contribution in [0.5, 0.6) is 0 Å². The van der Waals surface area contributed by atoms with Crippen LogP contribution >= 0.6 is 0 Å². The van der Waals surface area contributed by atoms with E-state index in [4.69, 9.17) is 4.74 Å². The molecule has 0 saturated heterocycles. The van der Waals surface area contributed by atoms with Crippen molar-refractivity contribution < 1.29 is 31.9 Å². The quantitative estimate of drug-likeness (QED) is 0.235. The van der Waals surface area contributed by atoms with Crippen LogP contribution in [0.25, 0.3) is 0 Å². The molecule has 0 saturated carbocycles. The van der Waals surface area contributed by atoms with Crippen LogP contribution < -0.4 is 5.32 Å². The van der Waals surface area contributed by atoms with Gasteiger partial charge in [0, 0.05) is 0 Å². The Morgan fingerprint density at radius 3 is 2.13 bits per heavy atom. The van der Waals surface area contributed by atoms with Gasteiger partial charge in [-0.05, 0) is 25.5 Å².